The van der Waals surface area contributed by atoms with Crippen molar-refractivity contribution in [3.63, 3.8) is 0 Å². The Kier molecular flexibility index (Phi) is 5.06. The fraction of sp³-hybridized carbons (Fsp3) is 0.188. The molecule has 0 unspecified atom stereocenters. The minimum absolute atomic E-state index is 0.181. The summed E-state index contributed by atoms with van der Waals surface area (Å²) < 4.78 is 5.11. The summed E-state index contributed by atoms with van der Waals surface area (Å²) in [6.45, 7) is 0.707. The van der Waals surface area contributed by atoms with Crippen molar-refractivity contribution < 1.29 is 14.6 Å². The molecule has 0 bridgehead atoms. The molecule has 21 heavy (non-hydrogen) atoms. The Labute approximate surface area is 128 Å². The first-order valence-electron chi connectivity index (χ1n) is 6.50. The van der Waals surface area contributed by atoms with Crippen LogP contribution in [0.15, 0.2) is 42.5 Å². The quantitative estimate of drug-likeness (QED) is 0.854. The number of ether oxygens (including phenoxy) is 1. The molecule has 0 saturated heterocycles. The van der Waals surface area contributed by atoms with E-state index >= 15 is 0 Å². The van der Waals surface area contributed by atoms with Crippen LogP contribution in [0.1, 0.15) is 15.9 Å². The minimum atomic E-state index is -0.985. The Morgan fingerprint density at radius 2 is 1.95 bits per heavy atom. The van der Waals surface area contributed by atoms with Gasteiger partial charge in [0.2, 0.25) is 0 Å². The van der Waals surface area contributed by atoms with E-state index in [4.69, 9.17) is 21.4 Å². The molecule has 2 aromatic carbocycles. The molecule has 0 aromatic heterocycles. The van der Waals surface area contributed by atoms with Gasteiger partial charge in [0.15, 0.2) is 0 Å². The molecule has 0 aliphatic rings. The Morgan fingerprint density at radius 3 is 2.52 bits per heavy atom. The van der Waals surface area contributed by atoms with Crippen molar-refractivity contribution in [3.8, 4) is 5.75 Å². The van der Waals surface area contributed by atoms with E-state index in [0.717, 1.165) is 17.9 Å². The third kappa shape index (κ3) is 4.13. The van der Waals surface area contributed by atoms with Crippen molar-refractivity contribution in [1.82, 2.24) is 0 Å². The molecule has 110 valence electrons. The van der Waals surface area contributed by atoms with E-state index in [9.17, 15) is 4.79 Å². The monoisotopic (exact) mass is 305 g/mol. The summed E-state index contributed by atoms with van der Waals surface area (Å²) in [7, 11) is 1.64. The summed E-state index contributed by atoms with van der Waals surface area (Å²) in [6.07, 6.45) is 0.834. The second kappa shape index (κ2) is 6.99. The molecule has 0 amide bonds. The highest BCUT2D eigenvalue weighted by Crippen LogP contribution is 2.23. The van der Waals surface area contributed by atoms with Crippen LogP contribution in [0.3, 0.4) is 0 Å². The van der Waals surface area contributed by atoms with Gasteiger partial charge in [-0.2, -0.15) is 0 Å². The highest BCUT2D eigenvalue weighted by atomic mass is 35.5. The fourth-order valence-electron chi connectivity index (χ4n) is 1.93. The molecule has 4 nitrogen and oxygen atoms in total. The van der Waals surface area contributed by atoms with E-state index in [-0.39, 0.29) is 5.56 Å². The fourth-order valence-corrected chi connectivity index (χ4v) is 2.17. The topological polar surface area (TPSA) is 58.6 Å². The van der Waals surface area contributed by atoms with Gasteiger partial charge < -0.3 is 15.2 Å². The van der Waals surface area contributed by atoms with E-state index < -0.39 is 5.97 Å². The van der Waals surface area contributed by atoms with Crippen molar-refractivity contribution >= 4 is 23.3 Å². The number of carbonyl (C=O) groups is 1. The predicted octanol–water partition coefficient (Wildman–Crippen LogP) is 3.70. The maximum absolute atomic E-state index is 10.8. The summed E-state index contributed by atoms with van der Waals surface area (Å²) in [5.74, 6) is -0.152. The maximum Gasteiger partial charge on any atom is 0.335 e. The van der Waals surface area contributed by atoms with Crippen LogP contribution in [0.4, 0.5) is 5.69 Å². The Morgan fingerprint density at radius 1 is 1.24 bits per heavy atom. The third-order valence-corrected chi connectivity index (χ3v) is 3.42. The van der Waals surface area contributed by atoms with Gasteiger partial charge in [-0.05, 0) is 42.3 Å². The predicted molar refractivity (Wildman–Crippen MR) is 83.6 cm³/mol. The number of hydrogen-bond donors (Lipinski definition) is 2. The number of nitrogens with one attached hydrogen (secondary N) is 1. The van der Waals surface area contributed by atoms with Crippen LogP contribution < -0.4 is 10.1 Å². The van der Waals surface area contributed by atoms with E-state index in [1.54, 1.807) is 13.2 Å². The average molecular weight is 306 g/mol. The van der Waals surface area contributed by atoms with Crippen molar-refractivity contribution in [1.29, 1.82) is 0 Å². The number of rotatable bonds is 6. The smallest absolute Gasteiger partial charge is 0.335 e. The largest absolute Gasteiger partial charge is 0.497 e. The van der Waals surface area contributed by atoms with E-state index in [1.807, 2.05) is 24.3 Å². The normalized spacial score (nSPS) is 10.2. The molecule has 0 fully saturated rings. The molecular formula is C16H16ClNO3. The SMILES string of the molecule is COc1ccc(CCNc2ccc(C(=O)O)cc2Cl)cc1. The number of carboxylic acid groups (broad SMARTS) is 1. The van der Waals surface area contributed by atoms with Gasteiger partial charge in [-0.1, -0.05) is 23.7 Å². The molecule has 0 heterocycles. The first-order chi connectivity index (χ1) is 10.1. The lowest BCUT2D eigenvalue weighted by Crippen LogP contribution is -2.06. The number of methoxy groups -OCH3 is 1. The Bertz CT molecular complexity index is 626. The lowest BCUT2D eigenvalue weighted by molar-refractivity contribution is 0.0697. The van der Waals surface area contributed by atoms with Crippen LogP contribution >= 0.6 is 11.6 Å². The lowest BCUT2D eigenvalue weighted by Gasteiger charge is -2.09. The third-order valence-electron chi connectivity index (χ3n) is 3.10. The summed E-state index contributed by atoms with van der Waals surface area (Å²) >= 11 is 6.05. The van der Waals surface area contributed by atoms with Crippen molar-refractivity contribution in [2.24, 2.45) is 0 Å². The molecule has 0 atom stereocenters. The lowest BCUT2D eigenvalue weighted by atomic mass is 10.1. The molecule has 0 spiro atoms. The van der Waals surface area contributed by atoms with Gasteiger partial charge >= 0.3 is 5.97 Å². The average Bonchev–Trinajstić information content (AvgIpc) is 2.49. The van der Waals surface area contributed by atoms with Crippen molar-refractivity contribution in [2.75, 3.05) is 19.0 Å². The molecule has 2 rings (SSSR count). The molecule has 0 radical (unpaired) electrons. The zero-order valence-electron chi connectivity index (χ0n) is 11.6. The van der Waals surface area contributed by atoms with Crippen LogP contribution in [-0.2, 0) is 6.42 Å². The number of benzene rings is 2. The molecule has 5 heteroatoms. The van der Waals surface area contributed by atoms with E-state index in [1.165, 1.54) is 17.7 Å². The van der Waals surface area contributed by atoms with Gasteiger partial charge in [0.1, 0.15) is 5.75 Å². The first kappa shape index (κ1) is 15.2. The second-order valence-electron chi connectivity index (χ2n) is 4.52. The summed E-state index contributed by atoms with van der Waals surface area (Å²) in [6, 6.07) is 12.5. The number of anilines is 1. The summed E-state index contributed by atoms with van der Waals surface area (Å²) in [5.41, 5.74) is 2.09. The Balaban J connectivity index is 1.92. The molecule has 2 N–H and O–H groups in total. The van der Waals surface area contributed by atoms with Crippen LogP contribution in [0.25, 0.3) is 0 Å². The van der Waals surface area contributed by atoms with Crippen LogP contribution in [0.5, 0.6) is 5.75 Å². The summed E-state index contributed by atoms with van der Waals surface area (Å²) in [4.78, 5) is 10.8. The summed E-state index contributed by atoms with van der Waals surface area (Å²) in [5, 5.41) is 12.5. The van der Waals surface area contributed by atoms with Gasteiger partial charge in [-0.3, -0.25) is 0 Å². The van der Waals surface area contributed by atoms with Crippen molar-refractivity contribution in [3.05, 3.63) is 58.6 Å². The van der Waals surface area contributed by atoms with E-state index in [0.29, 0.717) is 11.6 Å². The van der Waals surface area contributed by atoms with Gasteiger partial charge in [-0.25, -0.2) is 4.79 Å². The standard InChI is InChI=1S/C16H16ClNO3/c1-21-13-5-2-11(3-6-13)8-9-18-15-7-4-12(16(19)20)10-14(15)17/h2-7,10,18H,8-9H2,1H3,(H,19,20). The molecule has 0 saturated carbocycles. The van der Waals surface area contributed by atoms with Gasteiger partial charge in [-0.15, -0.1) is 0 Å². The van der Waals surface area contributed by atoms with Gasteiger partial charge in [0.05, 0.1) is 23.4 Å². The zero-order valence-corrected chi connectivity index (χ0v) is 12.4. The van der Waals surface area contributed by atoms with Crippen LogP contribution in [0, 0.1) is 0 Å². The molecule has 0 aliphatic carbocycles. The highest BCUT2D eigenvalue weighted by molar-refractivity contribution is 6.33. The number of hydrogen-bond acceptors (Lipinski definition) is 3. The highest BCUT2D eigenvalue weighted by Gasteiger charge is 2.06. The zero-order chi connectivity index (χ0) is 15.2. The van der Waals surface area contributed by atoms with E-state index in [2.05, 4.69) is 5.32 Å². The van der Waals surface area contributed by atoms with Crippen molar-refractivity contribution in [2.45, 2.75) is 6.42 Å². The number of carboxylic acids is 1. The minimum Gasteiger partial charge on any atom is -0.497 e. The number of aromatic carboxylic acids is 1. The van der Waals surface area contributed by atoms with Crippen LogP contribution in [0.2, 0.25) is 5.02 Å². The number of halogens is 1. The van der Waals surface area contributed by atoms with Gasteiger partial charge in [0.25, 0.3) is 0 Å². The molecular weight excluding hydrogens is 290 g/mol. The second-order valence-corrected chi connectivity index (χ2v) is 4.93. The van der Waals surface area contributed by atoms with Crippen LogP contribution in [-0.4, -0.2) is 24.7 Å². The molecule has 2 aromatic rings. The first-order valence-corrected chi connectivity index (χ1v) is 6.87. The van der Waals surface area contributed by atoms with Gasteiger partial charge in [0, 0.05) is 6.54 Å². The Hall–Kier alpha value is -2.20. The molecule has 0 aliphatic heterocycles. The maximum atomic E-state index is 10.8.